The number of piperidine rings is 1. The van der Waals surface area contributed by atoms with E-state index in [1.54, 1.807) is 24.8 Å². The number of methoxy groups -OCH3 is 1. The lowest BCUT2D eigenvalue weighted by atomic mass is 10.0. The van der Waals surface area contributed by atoms with E-state index in [9.17, 15) is 4.79 Å². The molecule has 9 heteroatoms. The fourth-order valence-electron chi connectivity index (χ4n) is 2.69. The highest BCUT2D eigenvalue weighted by molar-refractivity contribution is 5.95. The standard InChI is InChI=1S/C15H20N6O2.ClH/c1-10-18-19-20-21(10)13-9-11(6-7-14(13)23-2)17-15(22)12-5-3-4-8-16-12;/h6-7,9,12,16H,3-5,8H2,1-2H3,(H,17,22);1H. The third kappa shape index (κ3) is 3.82. The van der Waals surface area contributed by atoms with Crippen LogP contribution in [0.15, 0.2) is 18.2 Å². The molecule has 2 aromatic rings. The van der Waals surface area contributed by atoms with E-state index >= 15 is 0 Å². The minimum Gasteiger partial charge on any atom is -0.494 e. The number of hydrogen-bond acceptors (Lipinski definition) is 6. The molecule has 3 rings (SSSR count). The Morgan fingerprint density at radius 3 is 2.88 bits per heavy atom. The molecular formula is C15H21ClN6O2. The van der Waals surface area contributed by atoms with E-state index in [0.29, 0.717) is 22.9 Å². The van der Waals surface area contributed by atoms with Crippen LogP contribution in [0.5, 0.6) is 5.75 Å². The molecule has 0 spiro atoms. The van der Waals surface area contributed by atoms with Crippen molar-refractivity contribution in [3.8, 4) is 11.4 Å². The van der Waals surface area contributed by atoms with Gasteiger partial charge >= 0.3 is 0 Å². The third-order valence-corrected chi connectivity index (χ3v) is 3.93. The molecule has 1 saturated heterocycles. The molecule has 1 atom stereocenters. The molecular weight excluding hydrogens is 332 g/mol. The van der Waals surface area contributed by atoms with Crippen LogP contribution in [0, 0.1) is 6.92 Å². The first-order valence-electron chi connectivity index (χ1n) is 7.66. The number of hydrogen-bond donors (Lipinski definition) is 2. The Balaban J connectivity index is 0.00000208. The SMILES string of the molecule is COc1ccc(NC(=O)C2CCCCN2)cc1-n1nnnc1C.Cl. The van der Waals surface area contributed by atoms with Crippen molar-refractivity contribution in [1.82, 2.24) is 25.5 Å². The van der Waals surface area contributed by atoms with Crippen LogP contribution >= 0.6 is 12.4 Å². The van der Waals surface area contributed by atoms with Gasteiger partial charge in [0, 0.05) is 5.69 Å². The lowest BCUT2D eigenvalue weighted by Crippen LogP contribution is -2.43. The van der Waals surface area contributed by atoms with E-state index in [1.165, 1.54) is 0 Å². The maximum atomic E-state index is 12.3. The molecule has 0 aliphatic carbocycles. The van der Waals surface area contributed by atoms with Gasteiger partial charge in [0.15, 0.2) is 5.82 Å². The van der Waals surface area contributed by atoms with Gasteiger partial charge in [-0.15, -0.1) is 17.5 Å². The number of carbonyl (C=O) groups excluding carboxylic acids is 1. The van der Waals surface area contributed by atoms with Gasteiger partial charge in [-0.25, -0.2) is 0 Å². The highest BCUT2D eigenvalue weighted by Gasteiger charge is 2.21. The summed E-state index contributed by atoms with van der Waals surface area (Å²) >= 11 is 0. The summed E-state index contributed by atoms with van der Waals surface area (Å²) in [4.78, 5) is 12.3. The summed E-state index contributed by atoms with van der Waals surface area (Å²) in [5, 5.41) is 17.7. The molecule has 1 fully saturated rings. The van der Waals surface area contributed by atoms with Crippen molar-refractivity contribution in [3.05, 3.63) is 24.0 Å². The van der Waals surface area contributed by atoms with Crippen molar-refractivity contribution in [2.45, 2.75) is 32.2 Å². The molecule has 130 valence electrons. The van der Waals surface area contributed by atoms with Crippen molar-refractivity contribution >= 4 is 24.0 Å². The second-order valence-corrected chi connectivity index (χ2v) is 5.52. The quantitative estimate of drug-likeness (QED) is 0.865. The van der Waals surface area contributed by atoms with E-state index in [0.717, 1.165) is 25.8 Å². The molecule has 1 aromatic heterocycles. The minimum absolute atomic E-state index is 0. The van der Waals surface area contributed by atoms with Gasteiger partial charge in [-0.2, -0.15) is 4.68 Å². The smallest absolute Gasteiger partial charge is 0.241 e. The average Bonchev–Trinajstić information content (AvgIpc) is 3.01. The molecule has 1 aliphatic rings. The minimum atomic E-state index is -0.135. The lowest BCUT2D eigenvalue weighted by Gasteiger charge is -2.22. The number of halogens is 1. The second-order valence-electron chi connectivity index (χ2n) is 5.52. The summed E-state index contributed by atoms with van der Waals surface area (Å²) in [5.74, 6) is 1.25. The first-order valence-corrected chi connectivity index (χ1v) is 7.66. The maximum absolute atomic E-state index is 12.3. The number of nitrogens with zero attached hydrogens (tertiary/aromatic N) is 4. The van der Waals surface area contributed by atoms with Crippen molar-refractivity contribution in [1.29, 1.82) is 0 Å². The molecule has 0 bridgehead atoms. The number of benzene rings is 1. The normalized spacial score (nSPS) is 17.0. The summed E-state index contributed by atoms with van der Waals surface area (Å²) in [6, 6.07) is 5.27. The Hall–Kier alpha value is -2.19. The number of aryl methyl sites for hydroxylation is 1. The zero-order valence-corrected chi connectivity index (χ0v) is 14.5. The van der Waals surface area contributed by atoms with Crippen LogP contribution in [0.3, 0.4) is 0 Å². The average molecular weight is 353 g/mol. The first kappa shape index (κ1) is 18.2. The predicted molar refractivity (Wildman–Crippen MR) is 92.0 cm³/mol. The number of anilines is 1. The van der Waals surface area contributed by atoms with Crippen LogP contribution in [0.1, 0.15) is 25.1 Å². The molecule has 8 nitrogen and oxygen atoms in total. The van der Waals surface area contributed by atoms with Crippen molar-refractivity contribution in [2.24, 2.45) is 0 Å². The number of carbonyl (C=O) groups is 1. The fourth-order valence-corrected chi connectivity index (χ4v) is 2.69. The summed E-state index contributed by atoms with van der Waals surface area (Å²) in [5.41, 5.74) is 1.37. The second kappa shape index (κ2) is 8.07. The largest absolute Gasteiger partial charge is 0.494 e. The van der Waals surface area contributed by atoms with Gasteiger partial charge in [-0.05, 0) is 54.9 Å². The summed E-state index contributed by atoms with van der Waals surface area (Å²) in [6.07, 6.45) is 3.05. The van der Waals surface area contributed by atoms with E-state index in [-0.39, 0.29) is 24.4 Å². The Morgan fingerprint density at radius 1 is 1.42 bits per heavy atom. The third-order valence-electron chi connectivity index (χ3n) is 3.93. The molecule has 2 N–H and O–H groups in total. The highest BCUT2D eigenvalue weighted by atomic mass is 35.5. The van der Waals surface area contributed by atoms with Crippen LogP contribution < -0.4 is 15.4 Å². The molecule has 1 amide bonds. The fraction of sp³-hybridized carbons (Fsp3) is 0.467. The Labute approximate surface area is 146 Å². The van der Waals surface area contributed by atoms with Crippen LogP contribution in [0.25, 0.3) is 5.69 Å². The Kier molecular flexibility index (Phi) is 6.10. The van der Waals surface area contributed by atoms with Crippen LogP contribution in [-0.2, 0) is 4.79 Å². The summed E-state index contributed by atoms with van der Waals surface area (Å²) < 4.78 is 6.94. The Morgan fingerprint density at radius 2 is 2.25 bits per heavy atom. The van der Waals surface area contributed by atoms with Gasteiger partial charge in [0.25, 0.3) is 0 Å². The van der Waals surface area contributed by atoms with Gasteiger partial charge in [0.2, 0.25) is 5.91 Å². The van der Waals surface area contributed by atoms with Crippen molar-refractivity contribution in [2.75, 3.05) is 19.0 Å². The van der Waals surface area contributed by atoms with Gasteiger partial charge in [0.1, 0.15) is 11.4 Å². The van der Waals surface area contributed by atoms with E-state index < -0.39 is 0 Å². The monoisotopic (exact) mass is 352 g/mol. The van der Waals surface area contributed by atoms with Gasteiger partial charge < -0.3 is 15.4 Å². The lowest BCUT2D eigenvalue weighted by molar-refractivity contribution is -0.118. The molecule has 0 saturated carbocycles. The predicted octanol–water partition coefficient (Wildman–Crippen LogP) is 1.48. The highest BCUT2D eigenvalue weighted by Crippen LogP contribution is 2.26. The number of ether oxygens (including phenoxy) is 1. The Bertz CT molecular complexity index is 699. The van der Waals surface area contributed by atoms with Gasteiger partial charge in [0.05, 0.1) is 13.2 Å². The van der Waals surface area contributed by atoms with Crippen molar-refractivity contribution < 1.29 is 9.53 Å². The number of rotatable bonds is 4. The molecule has 2 heterocycles. The van der Waals surface area contributed by atoms with Crippen LogP contribution in [0.4, 0.5) is 5.69 Å². The molecule has 1 unspecified atom stereocenters. The topological polar surface area (TPSA) is 94.0 Å². The number of nitrogens with one attached hydrogen (secondary N) is 2. The number of amides is 1. The molecule has 24 heavy (non-hydrogen) atoms. The van der Waals surface area contributed by atoms with Gasteiger partial charge in [-0.3, -0.25) is 4.79 Å². The number of aromatic nitrogens is 4. The van der Waals surface area contributed by atoms with Crippen LogP contribution in [-0.4, -0.2) is 45.8 Å². The molecule has 0 radical (unpaired) electrons. The zero-order chi connectivity index (χ0) is 16.2. The zero-order valence-electron chi connectivity index (χ0n) is 13.7. The van der Waals surface area contributed by atoms with Crippen LogP contribution in [0.2, 0.25) is 0 Å². The molecule has 1 aliphatic heterocycles. The van der Waals surface area contributed by atoms with Gasteiger partial charge in [-0.1, -0.05) is 6.42 Å². The maximum Gasteiger partial charge on any atom is 0.241 e. The number of tetrazole rings is 1. The van der Waals surface area contributed by atoms with Crippen molar-refractivity contribution in [3.63, 3.8) is 0 Å². The van der Waals surface area contributed by atoms with E-state index in [4.69, 9.17) is 4.74 Å². The van der Waals surface area contributed by atoms with E-state index in [2.05, 4.69) is 26.2 Å². The van der Waals surface area contributed by atoms with E-state index in [1.807, 2.05) is 12.1 Å². The summed E-state index contributed by atoms with van der Waals surface area (Å²) in [7, 11) is 1.59. The molecule has 1 aromatic carbocycles. The summed E-state index contributed by atoms with van der Waals surface area (Å²) in [6.45, 7) is 2.69. The first-order chi connectivity index (χ1) is 11.2.